The van der Waals surface area contributed by atoms with E-state index < -0.39 is 0 Å². The van der Waals surface area contributed by atoms with Crippen LogP contribution in [0.2, 0.25) is 0 Å². The van der Waals surface area contributed by atoms with Crippen molar-refractivity contribution in [2.24, 2.45) is 0 Å². The number of hydrogen-bond acceptors (Lipinski definition) is 6. The third kappa shape index (κ3) is 3.74. The van der Waals surface area contributed by atoms with Crippen molar-refractivity contribution in [2.75, 3.05) is 13.7 Å². The third-order valence-corrected chi connectivity index (χ3v) is 5.28. The topological polar surface area (TPSA) is 66.0 Å². The number of aryl methyl sites for hydroxylation is 1. The molecule has 0 amide bonds. The Morgan fingerprint density at radius 1 is 1.07 bits per heavy atom. The van der Waals surface area contributed by atoms with E-state index in [2.05, 4.69) is 20.8 Å². The number of para-hydroxylation sites is 2. The van der Waals surface area contributed by atoms with E-state index in [1.54, 1.807) is 18.9 Å². The van der Waals surface area contributed by atoms with Crippen molar-refractivity contribution in [1.82, 2.24) is 19.7 Å². The van der Waals surface area contributed by atoms with Gasteiger partial charge in [0.25, 0.3) is 0 Å². The molecular weight excluding hydrogens is 360 g/mol. The Balaban J connectivity index is 1.55. The van der Waals surface area contributed by atoms with Crippen LogP contribution in [0, 0.1) is 6.92 Å². The molecule has 0 N–H and O–H groups in total. The number of nitrogens with zero attached hydrogens (tertiary/aromatic N) is 4. The second kappa shape index (κ2) is 7.94. The summed E-state index contributed by atoms with van der Waals surface area (Å²) in [5.74, 6) is 1.77. The smallest absolute Gasteiger partial charge is 0.237 e. The number of methoxy groups -OCH3 is 1. The first-order valence-corrected chi connectivity index (χ1v) is 9.70. The Labute approximate surface area is 161 Å². The first kappa shape index (κ1) is 17.8. The lowest BCUT2D eigenvalue weighted by atomic mass is 10.1. The first-order valence-electron chi connectivity index (χ1n) is 8.72. The Kier molecular flexibility index (Phi) is 5.22. The number of thioether (sulfide) groups is 1. The van der Waals surface area contributed by atoms with E-state index in [1.165, 1.54) is 0 Å². The lowest BCUT2D eigenvalue weighted by Gasteiger charge is -2.07. The summed E-state index contributed by atoms with van der Waals surface area (Å²) in [4.78, 5) is 9.28. The minimum atomic E-state index is 0.565. The summed E-state index contributed by atoms with van der Waals surface area (Å²) in [7, 11) is 1.71. The zero-order chi connectivity index (χ0) is 18.6. The molecule has 7 heteroatoms. The van der Waals surface area contributed by atoms with Crippen molar-refractivity contribution in [1.29, 1.82) is 0 Å². The van der Waals surface area contributed by atoms with Gasteiger partial charge in [-0.25, -0.2) is 4.98 Å². The van der Waals surface area contributed by atoms with Crippen LogP contribution in [0.15, 0.2) is 58.2 Å². The van der Waals surface area contributed by atoms with Crippen molar-refractivity contribution >= 4 is 22.8 Å². The summed E-state index contributed by atoms with van der Waals surface area (Å²) >= 11 is 1.59. The van der Waals surface area contributed by atoms with E-state index in [-0.39, 0.29) is 0 Å². The van der Waals surface area contributed by atoms with Gasteiger partial charge in [0, 0.05) is 19.2 Å². The van der Waals surface area contributed by atoms with Gasteiger partial charge in [-0.1, -0.05) is 53.3 Å². The zero-order valence-electron chi connectivity index (χ0n) is 15.3. The van der Waals surface area contributed by atoms with Gasteiger partial charge in [0.2, 0.25) is 11.7 Å². The molecule has 0 saturated heterocycles. The van der Waals surface area contributed by atoms with E-state index in [0.29, 0.717) is 24.1 Å². The van der Waals surface area contributed by atoms with Crippen LogP contribution >= 0.6 is 11.8 Å². The number of imidazole rings is 1. The van der Waals surface area contributed by atoms with Crippen molar-refractivity contribution < 1.29 is 9.26 Å². The Hall–Kier alpha value is -2.64. The Bertz CT molecular complexity index is 1060. The van der Waals surface area contributed by atoms with Crippen molar-refractivity contribution in [3.8, 4) is 11.4 Å². The second-order valence-electron chi connectivity index (χ2n) is 6.14. The minimum Gasteiger partial charge on any atom is -0.383 e. The molecule has 0 bridgehead atoms. The molecule has 0 aliphatic heterocycles. The van der Waals surface area contributed by atoms with Crippen molar-refractivity contribution in [2.45, 2.75) is 24.4 Å². The number of ether oxygens (including phenoxy) is 1. The first-order chi connectivity index (χ1) is 13.3. The number of benzene rings is 2. The van der Waals surface area contributed by atoms with Crippen molar-refractivity contribution in [3.63, 3.8) is 0 Å². The Morgan fingerprint density at radius 3 is 2.74 bits per heavy atom. The van der Waals surface area contributed by atoms with Crippen LogP contribution in [0.5, 0.6) is 0 Å². The SMILES string of the molecule is COCCn1c(SCc2nc(-c3ccccc3C)no2)nc2ccccc21. The van der Waals surface area contributed by atoms with Gasteiger partial charge in [-0.15, -0.1) is 0 Å². The third-order valence-electron chi connectivity index (χ3n) is 4.32. The van der Waals surface area contributed by atoms with Gasteiger partial charge in [-0.2, -0.15) is 4.98 Å². The van der Waals surface area contributed by atoms with Gasteiger partial charge in [-0.3, -0.25) is 0 Å². The Morgan fingerprint density at radius 2 is 1.89 bits per heavy atom. The van der Waals surface area contributed by atoms with E-state index in [1.807, 2.05) is 49.4 Å². The van der Waals surface area contributed by atoms with E-state index in [0.717, 1.165) is 33.9 Å². The maximum absolute atomic E-state index is 5.45. The van der Waals surface area contributed by atoms with E-state index >= 15 is 0 Å². The van der Waals surface area contributed by atoms with Gasteiger partial charge >= 0.3 is 0 Å². The molecule has 2 aromatic heterocycles. The molecule has 2 heterocycles. The molecule has 0 saturated carbocycles. The number of aromatic nitrogens is 4. The summed E-state index contributed by atoms with van der Waals surface area (Å²) in [5.41, 5.74) is 4.19. The van der Waals surface area contributed by atoms with Gasteiger partial charge < -0.3 is 13.8 Å². The quantitative estimate of drug-likeness (QED) is 0.445. The number of rotatable bonds is 7. The van der Waals surface area contributed by atoms with Gasteiger partial charge in [0.05, 0.1) is 23.4 Å². The maximum Gasteiger partial charge on any atom is 0.237 e. The normalized spacial score (nSPS) is 11.3. The molecule has 27 heavy (non-hydrogen) atoms. The van der Waals surface area contributed by atoms with Crippen molar-refractivity contribution in [3.05, 3.63) is 60.0 Å². The lowest BCUT2D eigenvalue weighted by Crippen LogP contribution is -2.05. The highest BCUT2D eigenvalue weighted by Gasteiger charge is 2.14. The van der Waals surface area contributed by atoms with Crippen LogP contribution < -0.4 is 0 Å². The average molecular weight is 380 g/mol. The largest absolute Gasteiger partial charge is 0.383 e. The average Bonchev–Trinajstić information content (AvgIpc) is 3.29. The van der Waals surface area contributed by atoms with Crippen LogP contribution in [0.3, 0.4) is 0 Å². The molecular formula is C20H20N4O2S. The van der Waals surface area contributed by atoms with Gasteiger partial charge in [-0.05, 0) is 24.6 Å². The second-order valence-corrected chi connectivity index (χ2v) is 7.09. The highest BCUT2D eigenvalue weighted by Crippen LogP contribution is 2.27. The molecule has 138 valence electrons. The van der Waals surface area contributed by atoms with Gasteiger partial charge in [0.15, 0.2) is 5.16 Å². The van der Waals surface area contributed by atoms with Crippen LogP contribution in [0.25, 0.3) is 22.4 Å². The highest BCUT2D eigenvalue weighted by molar-refractivity contribution is 7.98. The molecule has 0 radical (unpaired) electrons. The molecule has 4 aromatic rings. The maximum atomic E-state index is 5.45. The molecule has 0 unspecified atom stereocenters. The molecule has 6 nitrogen and oxygen atoms in total. The van der Waals surface area contributed by atoms with E-state index in [9.17, 15) is 0 Å². The summed E-state index contributed by atoms with van der Waals surface area (Å²) in [6.07, 6.45) is 0. The minimum absolute atomic E-state index is 0.565. The molecule has 2 aromatic carbocycles. The highest BCUT2D eigenvalue weighted by atomic mass is 32.2. The fourth-order valence-corrected chi connectivity index (χ4v) is 3.81. The van der Waals surface area contributed by atoms with E-state index in [4.69, 9.17) is 14.2 Å². The number of fused-ring (bicyclic) bond motifs is 1. The molecule has 0 atom stereocenters. The van der Waals surface area contributed by atoms with Crippen LogP contribution in [-0.4, -0.2) is 33.4 Å². The molecule has 0 aliphatic rings. The lowest BCUT2D eigenvalue weighted by molar-refractivity contribution is 0.186. The molecule has 0 spiro atoms. The van der Waals surface area contributed by atoms with Crippen LogP contribution in [0.4, 0.5) is 0 Å². The van der Waals surface area contributed by atoms with Gasteiger partial charge in [0.1, 0.15) is 0 Å². The summed E-state index contributed by atoms with van der Waals surface area (Å²) < 4.78 is 12.9. The number of hydrogen-bond donors (Lipinski definition) is 0. The van der Waals surface area contributed by atoms with Crippen LogP contribution in [0.1, 0.15) is 11.5 Å². The molecule has 4 rings (SSSR count). The standard InChI is InChI=1S/C20H20N4O2S/c1-14-7-3-4-8-15(14)19-22-18(26-23-19)13-27-20-21-16-9-5-6-10-17(16)24(20)11-12-25-2/h3-10H,11-13H2,1-2H3. The fraction of sp³-hybridized carbons (Fsp3) is 0.250. The zero-order valence-corrected chi connectivity index (χ0v) is 16.1. The summed E-state index contributed by atoms with van der Waals surface area (Å²) in [5, 5.41) is 5.05. The van der Waals surface area contributed by atoms with Crippen LogP contribution in [-0.2, 0) is 17.0 Å². The monoisotopic (exact) mass is 380 g/mol. The predicted octanol–water partition coefficient (Wildman–Crippen LogP) is 4.33. The summed E-state index contributed by atoms with van der Waals surface area (Å²) in [6, 6.07) is 16.1. The summed E-state index contributed by atoms with van der Waals surface area (Å²) in [6.45, 7) is 3.42. The fourth-order valence-electron chi connectivity index (χ4n) is 2.94. The molecule has 0 fully saturated rings. The molecule has 0 aliphatic carbocycles. The predicted molar refractivity (Wildman–Crippen MR) is 106 cm³/mol.